The summed E-state index contributed by atoms with van der Waals surface area (Å²) >= 11 is 1.65. The molecule has 31 heavy (non-hydrogen) atoms. The molecule has 1 saturated heterocycles. The van der Waals surface area contributed by atoms with Crippen LogP contribution in [0.15, 0.2) is 18.2 Å². The summed E-state index contributed by atoms with van der Waals surface area (Å²) in [6, 6.07) is 6.42. The van der Waals surface area contributed by atoms with Gasteiger partial charge in [-0.15, -0.1) is 11.3 Å². The van der Waals surface area contributed by atoms with Crippen LogP contribution in [0.4, 0.5) is 10.9 Å². The number of aryl methyl sites for hydroxylation is 3. The first-order valence-corrected chi connectivity index (χ1v) is 11.7. The molecule has 0 bridgehead atoms. The molecule has 4 rings (SSSR count). The molecule has 0 saturated carbocycles. The third-order valence-corrected chi connectivity index (χ3v) is 6.85. The number of nitrogens with zero attached hydrogens (tertiary/aromatic N) is 5. The Balaban J connectivity index is 1.46. The molecule has 1 atom stereocenters. The van der Waals surface area contributed by atoms with Gasteiger partial charge >= 0.3 is 0 Å². The second-order valence-electron chi connectivity index (χ2n) is 8.52. The first-order valence-electron chi connectivity index (χ1n) is 10.9. The highest BCUT2D eigenvalue weighted by atomic mass is 32.1. The van der Waals surface area contributed by atoms with E-state index in [2.05, 4.69) is 54.5 Å². The predicted octanol–water partition coefficient (Wildman–Crippen LogP) is 4.87. The van der Waals surface area contributed by atoms with Gasteiger partial charge in [0.15, 0.2) is 5.13 Å². The second-order valence-corrected chi connectivity index (χ2v) is 9.72. The van der Waals surface area contributed by atoms with Crippen molar-refractivity contribution in [2.24, 2.45) is 0 Å². The molecule has 1 fully saturated rings. The van der Waals surface area contributed by atoms with Crippen molar-refractivity contribution in [2.45, 2.75) is 60.2 Å². The van der Waals surface area contributed by atoms with Gasteiger partial charge < -0.3 is 10.1 Å². The van der Waals surface area contributed by atoms with Gasteiger partial charge in [0.25, 0.3) is 0 Å². The van der Waals surface area contributed by atoms with E-state index in [4.69, 9.17) is 14.8 Å². The van der Waals surface area contributed by atoms with E-state index in [1.807, 2.05) is 25.1 Å². The summed E-state index contributed by atoms with van der Waals surface area (Å²) in [4.78, 5) is 13.0. The van der Waals surface area contributed by atoms with Crippen LogP contribution in [0.2, 0.25) is 0 Å². The van der Waals surface area contributed by atoms with Crippen molar-refractivity contribution in [3.05, 3.63) is 51.4 Å². The monoisotopic (exact) mass is 440 g/mol. The van der Waals surface area contributed by atoms with Crippen molar-refractivity contribution < 1.29 is 4.74 Å². The van der Waals surface area contributed by atoms with Gasteiger partial charge in [0.1, 0.15) is 11.9 Å². The molecule has 0 radical (unpaired) electrons. The van der Waals surface area contributed by atoms with Gasteiger partial charge in [0.2, 0.25) is 0 Å². The molecule has 1 N–H and O–H groups in total. The maximum Gasteiger partial charge on any atom is 0.188 e. The number of hydrogen-bond acceptors (Lipinski definition) is 7. The van der Waals surface area contributed by atoms with Crippen molar-refractivity contribution in [2.75, 3.05) is 25.0 Å². The fraction of sp³-hybridized carbons (Fsp3) is 0.522. The van der Waals surface area contributed by atoms with Crippen LogP contribution in [0.5, 0.6) is 0 Å². The van der Waals surface area contributed by atoms with Crippen LogP contribution in [0, 0.1) is 27.7 Å². The van der Waals surface area contributed by atoms with Crippen molar-refractivity contribution in [1.82, 2.24) is 24.6 Å². The lowest BCUT2D eigenvalue weighted by molar-refractivity contribution is -0.0350. The summed E-state index contributed by atoms with van der Waals surface area (Å²) < 4.78 is 8.22. The molecule has 3 aromatic heterocycles. The van der Waals surface area contributed by atoms with Crippen LogP contribution in [0.25, 0.3) is 0 Å². The Bertz CT molecular complexity index is 1040. The maximum atomic E-state index is 6.10. The Kier molecular flexibility index (Phi) is 6.41. The Morgan fingerprint density at radius 3 is 2.65 bits per heavy atom. The van der Waals surface area contributed by atoms with Gasteiger partial charge in [0, 0.05) is 41.8 Å². The lowest BCUT2D eigenvalue weighted by Gasteiger charge is -2.32. The number of thiazole rings is 1. The maximum absolute atomic E-state index is 6.10. The highest BCUT2D eigenvalue weighted by Crippen LogP contribution is 2.27. The molecule has 0 aromatic carbocycles. The number of morpholine rings is 1. The number of anilines is 2. The number of rotatable bonds is 6. The summed E-state index contributed by atoms with van der Waals surface area (Å²) in [6.45, 7) is 16.1. The lowest BCUT2D eigenvalue weighted by Crippen LogP contribution is -2.38. The zero-order valence-corrected chi connectivity index (χ0v) is 20.1. The quantitative estimate of drug-likeness (QED) is 0.590. The molecule has 8 heteroatoms. The van der Waals surface area contributed by atoms with Crippen molar-refractivity contribution in [3.63, 3.8) is 0 Å². The third kappa shape index (κ3) is 4.81. The first kappa shape index (κ1) is 21.9. The van der Waals surface area contributed by atoms with Crippen LogP contribution >= 0.6 is 11.3 Å². The van der Waals surface area contributed by atoms with E-state index in [0.29, 0.717) is 12.6 Å². The SMILES string of the molecule is Cc1nc(Nc2cccc(C3CN(Cc4c(C)nn(C(C)C)c4C)CCO3)n2)sc1C. The molecule has 1 aliphatic rings. The van der Waals surface area contributed by atoms with Crippen molar-refractivity contribution in [3.8, 4) is 0 Å². The molecule has 0 spiro atoms. The molecule has 0 amide bonds. The minimum absolute atomic E-state index is 0.0453. The molecular weight excluding hydrogens is 408 g/mol. The molecule has 1 aliphatic heterocycles. The van der Waals surface area contributed by atoms with E-state index in [1.54, 1.807) is 11.3 Å². The molecule has 1 unspecified atom stereocenters. The Morgan fingerprint density at radius 1 is 1.16 bits per heavy atom. The Morgan fingerprint density at radius 2 is 1.97 bits per heavy atom. The van der Waals surface area contributed by atoms with E-state index in [-0.39, 0.29) is 6.10 Å². The Hall–Kier alpha value is -2.29. The van der Waals surface area contributed by atoms with Crippen LogP contribution < -0.4 is 5.32 Å². The molecule has 4 heterocycles. The minimum Gasteiger partial charge on any atom is -0.369 e. The number of pyridine rings is 1. The van der Waals surface area contributed by atoms with Gasteiger partial charge in [-0.2, -0.15) is 5.10 Å². The highest BCUT2D eigenvalue weighted by molar-refractivity contribution is 7.15. The summed E-state index contributed by atoms with van der Waals surface area (Å²) in [6.07, 6.45) is -0.0453. The molecule has 7 nitrogen and oxygen atoms in total. The average molecular weight is 441 g/mol. The minimum atomic E-state index is -0.0453. The van der Waals surface area contributed by atoms with Crippen LogP contribution in [0.1, 0.15) is 59.2 Å². The first-order chi connectivity index (χ1) is 14.8. The second kappa shape index (κ2) is 9.06. The third-order valence-electron chi connectivity index (χ3n) is 5.86. The zero-order chi connectivity index (χ0) is 22.1. The smallest absolute Gasteiger partial charge is 0.188 e. The van der Waals surface area contributed by atoms with E-state index in [9.17, 15) is 0 Å². The fourth-order valence-corrected chi connectivity index (χ4v) is 4.84. The normalized spacial score (nSPS) is 17.5. The number of aromatic nitrogens is 4. The van der Waals surface area contributed by atoms with Gasteiger partial charge in [-0.05, 0) is 53.7 Å². The zero-order valence-electron chi connectivity index (χ0n) is 19.3. The summed E-state index contributed by atoms with van der Waals surface area (Å²) in [7, 11) is 0. The highest BCUT2D eigenvalue weighted by Gasteiger charge is 2.25. The topological polar surface area (TPSA) is 68.1 Å². The van der Waals surface area contributed by atoms with Gasteiger partial charge in [-0.1, -0.05) is 6.07 Å². The number of hydrogen-bond donors (Lipinski definition) is 1. The molecular formula is C23H32N6OS. The summed E-state index contributed by atoms with van der Waals surface area (Å²) in [5, 5.41) is 8.96. The number of nitrogens with one attached hydrogen (secondary N) is 1. The largest absolute Gasteiger partial charge is 0.369 e. The van der Waals surface area contributed by atoms with E-state index >= 15 is 0 Å². The van der Waals surface area contributed by atoms with Crippen molar-refractivity contribution in [1.29, 1.82) is 0 Å². The molecule has 3 aromatic rings. The van der Waals surface area contributed by atoms with Gasteiger partial charge in [0.05, 0.1) is 23.7 Å². The Labute approximate surface area is 188 Å². The van der Waals surface area contributed by atoms with Crippen molar-refractivity contribution >= 4 is 22.3 Å². The average Bonchev–Trinajstić information content (AvgIpc) is 3.20. The molecule has 0 aliphatic carbocycles. The summed E-state index contributed by atoms with van der Waals surface area (Å²) in [5.41, 5.74) is 5.71. The fourth-order valence-electron chi connectivity index (χ4n) is 4.01. The van der Waals surface area contributed by atoms with Crippen LogP contribution in [-0.4, -0.2) is 44.3 Å². The van der Waals surface area contributed by atoms with Gasteiger partial charge in [-0.3, -0.25) is 9.58 Å². The van der Waals surface area contributed by atoms with Crippen LogP contribution in [-0.2, 0) is 11.3 Å². The van der Waals surface area contributed by atoms with Crippen LogP contribution in [0.3, 0.4) is 0 Å². The number of ether oxygens (including phenoxy) is 1. The summed E-state index contributed by atoms with van der Waals surface area (Å²) in [5.74, 6) is 0.803. The van der Waals surface area contributed by atoms with Gasteiger partial charge in [-0.25, -0.2) is 9.97 Å². The van der Waals surface area contributed by atoms with E-state index < -0.39 is 0 Å². The lowest BCUT2D eigenvalue weighted by atomic mass is 10.1. The molecule has 166 valence electrons. The standard InChI is InChI=1S/C23H32N6OS/c1-14(2)29-17(5)19(16(4)27-29)12-28-10-11-30-21(13-28)20-8-7-9-22(25-20)26-23-24-15(3)18(6)31-23/h7-9,14,21H,10-13H2,1-6H3,(H,24,25,26). The van der Waals surface area contributed by atoms with E-state index in [1.165, 1.54) is 16.1 Å². The van der Waals surface area contributed by atoms with E-state index in [0.717, 1.165) is 47.7 Å². The predicted molar refractivity (Wildman–Crippen MR) is 125 cm³/mol.